The Hall–Kier alpha value is -3.19. The van der Waals surface area contributed by atoms with E-state index in [9.17, 15) is 4.79 Å². The van der Waals surface area contributed by atoms with Gasteiger partial charge in [0.25, 0.3) is 0 Å². The highest BCUT2D eigenvalue weighted by Crippen LogP contribution is 2.23. The van der Waals surface area contributed by atoms with E-state index in [2.05, 4.69) is 20.4 Å². The first-order chi connectivity index (χ1) is 12.1. The Bertz CT molecular complexity index is 1110. The number of hydrogen-bond donors (Lipinski definition) is 2. The number of aromatic nitrogens is 4. The third kappa shape index (κ3) is 2.85. The lowest BCUT2D eigenvalue weighted by molar-refractivity contribution is 0.0690. The number of fused-ring (bicyclic) bond motifs is 3. The first kappa shape index (κ1) is 15.3. The molecule has 0 saturated heterocycles. The molecule has 0 saturated carbocycles. The Morgan fingerprint density at radius 3 is 2.96 bits per heavy atom. The third-order valence-corrected chi connectivity index (χ3v) is 4.00. The van der Waals surface area contributed by atoms with Crippen LogP contribution in [0.2, 0.25) is 5.02 Å². The summed E-state index contributed by atoms with van der Waals surface area (Å²) in [5.41, 5.74) is 2.06. The monoisotopic (exact) mass is 353 g/mol. The summed E-state index contributed by atoms with van der Waals surface area (Å²) in [6.45, 7) is 0.529. The van der Waals surface area contributed by atoms with Crippen molar-refractivity contribution in [1.29, 1.82) is 0 Å². The van der Waals surface area contributed by atoms with E-state index in [1.807, 2.05) is 30.3 Å². The van der Waals surface area contributed by atoms with Crippen LogP contribution in [0.4, 0.5) is 5.82 Å². The second kappa shape index (κ2) is 6.03. The number of pyridine rings is 1. The minimum Gasteiger partial charge on any atom is -0.476 e. The van der Waals surface area contributed by atoms with Gasteiger partial charge in [-0.15, -0.1) is 0 Å². The van der Waals surface area contributed by atoms with Gasteiger partial charge < -0.3 is 10.4 Å². The van der Waals surface area contributed by atoms with Crippen molar-refractivity contribution in [2.24, 2.45) is 0 Å². The topological polar surface area (TPSA) is 92.4 Å². The maximum Gasteiger partial charge on any atom is 0.356 e. The van der Waals surface area contributed by atoms with E-state index in [4.69, 9.17) is 16.7 Å². The molecule has 0 radical (unpaired) electrons. The maximum absolute atomic E-state index is 11.2. The normalized spacial score (nSPS) is 11.1. The Labute approximate surface area is 146 Å². The molecule has 7 nitrogen and oxygen atoms in total. The number of nitrogens with one attached hydrogen (secondary N) is 1. The molecule has 2 N–H and O–H groups in total. The molecule has 0 unspecified atom stereocenters. The molecule has 0 aliphatic carbocycles. The molecular weight excluding hydrogens is 342 g/mol. The highest BCUT2D eigenvalue weighted by Gasteiger charge is 2.14. The van der Waals surface area contributed by atoms with Crippen LogP contribution in [0.3, 0.4) is 0 Å². The van der Waals surface area contributed by atoms with Gasteiger partial charge in [-0.05, 0) is 23.8 Å². The number of benzene rings is 1. The standard InChI is InChI=1S/C17H12ClN5O2/c18-11-3-1-2-10(6-11)8-20-16-12-4-5-19-9-14(12)23-15(21-16)7-13(22-23)17(24)25/h1-7,9H,8H2,(H,20,21)(H,24,25). The lowest BCUT2D eigenvalue weighted by Crippen LogP contribution is -2.05. The summed E-state index contributed by atoms with van der Waals surface area (Å²) >= 11 is 6.01. The number of rotatable bonds is 4. The van der Waals surface area contributed by atoms with Crippen molar-refractivity contribution in [2.75, 3.05) is 5.32 Å². The van der Waals surface area contributed by atoms with Gasteiger partial charge in [0.1, 0.15) is 5.82 Å². The van der Waals surface area contributed by atoms with Gasteiger partial charge in [-0.2, -0.15) is 5.10 Å². The molecule has 4 aromatic rings. The van der Waals surface area contributed by atoms with E-state index in [1.165, 1.54) is 10.6 Å². The number of carboxylic acid groups (broad SMARTS) is 1. The van der Waals surface area contributed by atoms with Gasteiger partial charge >= 0.3 is 5.97 Å². The van der Waals surface area contributed by atoms with Crippen molar-refractivity contribution in [1.82, 2.24) is 19.6 Å². The predicted molar refractivity (Wildman–Crippen MR) is 94.0 cm³/mol. The van der Waals surface area contributed by atoms with Crippen molar-refractivity contribution in [3.63, 3.8) is 0 Å². The minimum absolute atomic E-state index is 0.0651. The van der Waals surface area contributed by atoms with Gasteiger partial charge in [0.05, 0.1) is 11.7 Å². The lowest BCUT2D eigenvalue weighted by atomic mass is 10.2. The minimum atomic E-state index is -1.10. The zero-order valence-corrected chi connectivity index (χ0v) is 13.6. The zero-order valence-electron chi connectivity index (χ0n) is 12.8. The zero-order chi connectivity index (χ0) is 17.4. The van der Waals surface area contributed by atoms with Crippen molar-refractivity contribution in [3.8, 4) is 0 Å². The van der Waals surface area contributed by atoms with E-state index < -0.39 is 5.97 Å². The number of hydrogen-bond acceptors (Lipinski definition) is 5. The summed E-state index contributed by atoms with van der Waals surface area (Å²) in [6, 6.07) is 10.8. The number of carboxylic acids is 1. The highest BCUT2D eigenvalue weighted by atomic mass is 35.5. The Morgan fingerprint density at radius 2 is 2.16 bits per heavy atom. The largest absolute Gasteiger partial charge is 0.476 e. The van der Waals surface area contributed by atoms with Crippen molar-refractivity contribution < 1.29 is 9.90 Å². The predicted octanol–water partition coefficient (Wildman–Crippen LogP) is 3.24. The lowest BCUT2D eigenvalue weighted by Gasteiger charge is -2.10. The molecule has 0 spiro atoms. The summed E-state index contributed by atoms with van der Waals surface area (Å²) in [5.74, 6) is -0.474. The third-order valence-electron chi connectivity index (χ3n) is 3.77. The number of anilines is 1. The molecule has 124 valence electrons. The van der Waals surface area contributed by atoms with Gasteiger partial charge in [-0.1, -0.05) is 23.7 Å². The summed E-state index contributed by atoms with van der Waals surface area (Å²) < 4.78 is 1.48. The van der Waals surface area contributed by atoms with Crippen LogP contribution in [0.1, 0.15) is 16.1 Å². The van der Waals surface area contributed by atoms with Crippen molar-refractivity contribution in [3.05, 3.63) is 65.1 Å². The van der Waals surface area contributed by atoms with Gasteiger partial charge in [0, 0.05) is 29.2 Å². The van der Waals surface area contributed by atoms with Crippen LogP contribution in [-0.2, 0) is 6.54 Å². The van der Waals surface area contributed by atoms with Gasteiger partial charge in [-0.25, -0.2) is 14.3 Å². The quantitative estimate of drug-likeness (QED) is 0.585. The molecule has 0 aliphatic heterocycles. The number of halogens is 1. The number of nitrogens with zero attached hydrogens (tertiary/aromatic N) is 4. The fraction of sp³-hybridized carbons (Fsp3) is 0.0588. The molecule has 8 heteroatoms. The SMILES string of the molecule is O=C(O)c1cc2nc(NCc3cccc(Cl)c3)c3ccncc3n2n1. The maximum atomic E-state index is 11.2. The molecular formula is C17H12ClN5O2. The van der Waals surface area contributed by atoms with Crippen LogP contribution in [-0.4, -0.2) is 30.7 Å². The van der Waals surface area contributed by atoms with Crippen LogP contribution in [0.5, 0.6) is 0 Å². The average molecular weight is 354 g/mol. The molecule has 3 heterocycles. The Kier molecular flexibility index (Phi) is 3.70. The Balaban J connectivity index is 1.80. The van der Waals surface area contributed by atoms with Crippen LogP contribution < -0.4 is 5.32 Å². The van der Waals surface area contributed by atoms with Gasteiger partial charge in [0.2, 0.25) is 0 Å². The molecule has 4 rings (SSSR count). The molecule has 0 amide bonds. The summed E-state index contributed by atoms with van der Waals surface area (Å²) in [5, 5.41) is 18.0. The smallest absolute Gasteiger partial charge is 0.356 e. The fourth-order valence-corrected chi connectivity index (χ4v) is 2.84. The molecule has 0 atom stereocenters. The van der Waals surface area contributed by atoms with Crippen LogP contribution in [0.25, 0.3) is 16.6 Å². The molecule has 3 aromatic heterocycles. The first-order valence-electron chi connectivity index (χ1n) is 7.47. The van der Waals surface area contributed by atoms with Crippen LogP contribution >= 0.6 is 11.6 Å². The highest BCUT2D eigenvalue weighted by molar-refractivity contribution is 6.30. The summed E-state index contributed by atoms with van der Waals surface area (Å²) in [7, 11) is 0. The second-order valence-corrected chi connectivity index (χ2v) is 5.88. The van der Waals surface area contributed by atoms with E-state index in [-0.39, 0.29) is 5.69 Å². The van der Waals surface area contributed by atoms with E-state index in [0.717, 1.165) is 10.9 Å². The van der Waals surface area contributed by atoms with Crippen molar-refractivity contribution >= 4 is 39.9 Å². The number of aromatic carboxylic acids is 1. The van der Waals surface area contributed by atoms with E-state index in [0.29, 0.717) is 28.5 Å². The number of carbonyl (C=O) groups is 1. The van der Waals surface area contributed by atoms with Crippen LogP contribution in [0.15, 0.2) is 48.8 Å². The van der Waals surface area contributed by atoms with Gasteiger partial charge in [-0.3, -0.25) is 4.98 Å². The van der Waals surface area contributed by atoms with Crippen LogP contribution in [0, 0.1) is 0 Å². The molecule has 25 heavy (non-hydrogen) atoms. The van der Waals surface area contributed by atoms with E-state index in [1.54, 1.807) is 12.4 Å². The molecule has 0 aliphatic rings. The van der Waals surface area contributed by atoms with Crippen molar-refractivity contribution in [2.45, 2.75) is 6.54 Å². The van der Waals surface area contributed by atoms with Gasteiger partial charge in [0.15, 0.2) is 11.3 Å². The molecule has 0 bridgehead atoms. The summed E-state index contributed by atoms with van der Waals surface area (Å²) in [6.07, 6.45) is 3.29. The average Bonchev–Trinajstić information content (AvgIpc) is 3.04. The summed E-state index contributed by atoms with van der Waals surface area (Å²) in [4.78, 5) is 19.8. The van der Waals surface area contributed by atoms with E-state index >= 15 is 0 Å². The fourth-order valence-electron chi connectivity index (χ4n) is 2.63. The Morgan fingerprint density at radius 1 is 1.28 bits per heavy atom. The second-order valence-electron chi connectivity index (χ2n) is 5.44. The molecule has 0 fully saturated rings. The first-order valence-corrected chi connectivity index (χ1v) is 7.85. The molecule has 1 aromatic carbocycles.